The van der Waals surface area contributed by atoms with E-state index < -0.39 is 14.2 Å². The van der Waals surface area contributed by atoms with Gasteiger partial charge in [0.05, 0.1) is 6.61 Å². The number of nitrogens with two attached hydrogens (primary N) is 1. The average Bonchev–Trinajstić information content (AvgIpc) is 2.94. The second kappa shape index (κ2) is 6.29. The Morgan fingerprint density at radius 2 is 1.87 bits per heavy atom. The maximum Gasteiger partial charge on any atom is 0.287 e. The number of hydrogen-bond acceptors (Lipinski definition) is 4. The minimum atomic E-state index is -1.75. The van der Waals surface area contributed by atoms with E-state index in [-0.39, 0.29) is 10.8 Å². The Morgan fingerprint density at radius 3 is 2.35 bits per heavy atom. The van der Waals surface area contributed by atoms with E-state index in [1.165, 1.54) is 0 Å². The summed E-state index contributed by atoms with van der Waals surface area (Å²) in [7, 11) is -1.75. The Bertz CT molecular complexity index is 685. The number of benzene rings is 1. The zero-order valence-corrected chi connectivity index (χ0v) is 15.3. The third kappa shape index (κ3) is 4.08. The molecule has 0 unspecified atom stereocenters. The third-order valence-electron chi connectivity index (χ3n) is 4.41. The first kappa shape index (κ1) is 17.4. The monoisotopic (exact) mass is 332 g/mol. The fourth-order valence-electron chi connectivity index (χ4n) is 1.78. The molecule has 0 saturated heterocycles. The van der Waals surface area contributed by atoms with Crippen LogP contribution < -0.4 is 5.73 Å². The minimum Gasteiger partial charge on any atom is -0.413 e. The van der Waals surface area contributed by atoms with Gasteiger partial charge in [0.1, 0.15) is 5.69 Å². The number of nitrogens with zero attached hydrogens (tertiary/aromatic N) is 1. The van der Waals surface area contributed by atoms with Gasteiger partial charge in [-0.3, -0.25) is 4.79 Å². The summed E-state index contributed by atoms with van der Waals surface area (Å²) < 4.78 is 11.1. The van der Waals surface area contributed by atoms with Gasteiger partial charge in [-0.1, -0.05) is 50.2 Å². The van der Waals surface area contributed by atoms with E-state index >= 15 is 0 Å². The first-order chi connectivity index (χ1) is 10.6. The molecule has 0 saturated carbocycles. The van der Waals surface area contributed by atoms with Gasteiger partial charge in [0.15, 0.2) is 8.32 Å². The van der Waals surface area contributed by atoms with Crippen LogP contribution in [0.2, 0.25) is 18.1 Å². The molecule has 6 heteroatoms. The van der Waals surface area contributed by atoms with Gasteiger partial charge in [-0.15, -0.1) is 0 Å². The molecule has 1 aromatic heterocycles. The number of primary amides is 1. The van der Waals surface area contributed by atoms with E-state index in [1.54, 1.807) is 6.07 Å². The second-order valence-corrected chi connectivity index (χ2v) is 12.0. The molecule has 0 radical (unpaired) electrons. The van der Waals surface area contributed by atoms with Crippen molar-refractivity contribution in [3.8, 4) is 11.3 Å². The quantitative estimate of drug-likeness (QED) is 0.841. The molecule has 2 N–H and O–H groups in total. The second-order valence-electron chi connectivity index (χ2n) is 7.19. The summed E-state index contributed by atoms with van der Waals surface area (Å²) in [6.45, 7) is 11.8. The lowest BCUT2D eigenvalue weighted by Gasteiger charge is -2.36. The molecule has 2 rings (SSSR count). The lowest BCUT2D eigenvalue weighted by molar-refractivity contribution is 0.0965. The van der Waals surface area contributed by atoms with Gasteiger partial charge in [-0.25, -0.2) is 0 Å². The molecule has 0 aliphatic rings. The standard InChI is InChI=1S/C17H24N2O3Si/c1-17(2,3)23(4,5)21-11-12-6-8-13(9-7-12)14-10-15(16(18)20)22-19-14/h6-10H,11H2,1-5H3,(H2,18,20). The van der Waals surface area contributed by atoms with Crippen molar-refractivity contribution in [1.29, 1.82) is 0 Å². The lowest BCUT2D eigenvalue weighted by atomic mass is 10.1. The van der Waals surface area contributed by atoms with Crippen molar-refractivity contribution in [1.82, 2.24) is 5.16 Å². The normalized spacial score (nSPS) is 12.4. The maximum atomic E-state index is 11.0. The highest BCUT2D eigenvalue weighted by Crippen LogP contribution is 2.37. The van der Waals surface area contributed by atoms with Gasteiger partial charge < -0.3 is 14.7 Å². The summed E-state index contributed by atoms with van der Waals surface area (Å²) in [6.07, 6.45) is 0. The van der Waals surface area contributed by atoms with Crippen LogP contribution in [-0.4, -0.2) is 19.4 Å². The van der Waals surface area contributed by atoms with E-state index in [1.807, 2.05) is 24.3 Å². The first-order valence-corrected chi connectivity index (χ1v) is 10.5. The van der Waals surface area contributed by atoms with Gasteiger partial charge in [0.25, 0.3) is 5.91 Å². The van der Waals surface area contributed by atoms with Gasteiger partial charge in [0.2, 0.25) is 5.76 Å². The molecule has 0 aliphatic heterocycles. The first-order valence-electron chi connectivity index (χ1n) is 7.60. The fraction of sp³-hybridized carbons (Fsp3) is 0.412. The molecule has 0 aliphatic carbocycles. The van der Waals surface area contributed by atoms with E-state index in [2.05, 4.69) is 39.0 Å². The van der Waals surface area contributed by atoms with Crippen LogP contribution in [0, 0.1) is 0 Å². The Kier molecular flexibility index (Phi) is 4.77. The molecular formula is C17H24N2O3Si. The summed E-state index contributed by atoms with van der Waals surface area (Å²) in [6, 6.07) is 9.42. The number of amides is 1. The molecule has 0 atom stereocenters. The summed E-state index contributed by atoms with van der Waals surface area (Å²) in [4.78, 5) is 11.0. The van der Waals surface area contributed by atoms with Crippen molar-refractivity contribution in [2.45, 2.75) is 45.5 Å². The van der Waals surface area contributed by atoms with E-state index in [0.29, 0.717) is 12.3 Å². The van der Waals surface area contributed by atoms with Crippen molar-refractivity contribution in [2.24, 2.45) is 5.73 Å². The molecule has 1 amide bonds. The Labute approximate surface area is 137 Å². The van der Waals surface area contributed by atoms with Gasteiger partial charge in [-0.05, 0) is 23.7 Å². The topological polar surface area (TPSA) is 78.4 Å². The van der Waals surface area contributed by atoms with Gasteiger partial charge in [0, 0.05) is 11.6 Å². The molecule has 23 heavy (non-hydrogen) atoms. The SMILES string of the molecule is CC(C)(C)[Si](C)(C)OCc1ccc(-c2cc(C(N)=O)on2)cc1. The predicted molar refractivity (Wildman–Crippen MR) is 92.4 cm³/mol. The Morgan fingerprint density at radius 1 is 1.26 bits per heavy atom. The van der Waals surface area contributed by atoms with Crippen LogP contribution in [-0.2, 0) is 11.0 Å². The minimum absolute atomic E-state index is 0.0605. The highest BCUT2D eigenvalue weighted by molar-refractivity contribution is 6.74. The number of rotatable bonds is 5. The van der Waals surface area contributed by atoms with E-state index in [9.17, 15) is 4.79 Å². The zero-order chi connectivity index (χ0) is 17.3. The largest absolute Gasteiger partial charge is 0.413 e. The van der Waals surface area contributed by atoms with Crippen LogP contribution in [0.5, 0.6) is 0 Å². The lowest BCUT2D eigenvalue weighted by Crippen LogP contribution is -2.40. The molecule has 5 nitrogen and oxygen atoms in total. The number of aromatic nitrogens is 1. The van der Waals surface area contributed by atoms with Crippen molar-refractivity contribution in [3.63, 3.8) is 0 Å². The smallest absolute Gasteiger partial charge is 0.287 e. The summed E-state index contributed by atoms with van der Waals surface area (Å²) >= 11 is 0. The van der Waals surface area contributed by atoms with Crippen LogP contribution in [0.1, 0.15) is 36.9 Å². The van der Waals surface area contributed by atoms with Crippen molar-refractivity contribution < 1.29 is 13.7 Å². The molecule has 1 aromatic carbocycles. The predicted octanol–water partition coefficient (Wildman–Crippen LogP) is 3.96. The number of hydrogen-bond donors (Lipinski definition) is 1. The molecular weight excluding hydrogens is 308 g/mol. The zero-order valence-electron chi connectivity index (χ0n) is 14.3. The van der Waals surface area contributed by atoms with Crippen LogP contribution in [0.3, 0.4) is 0 Å². The Balaban J connectivity index is 2.06. The fourth-order valence-corrected chi connectivity index (χ4v) is 2.74. The maximum absolute atomic E-state index is 11.0. The van der Waals surface area contributed by atoms with Crippen molar-refractivity contribution >= 4 is 14.2 Å². The number of carbonyl (C=O) groups excluding carboxylic acids is 1. The Hall–Kier alpha value is -1.92. The number of carbonyl (C=O) groups is 1. The van der Waals surface area contributed by atoms with E-state index in [0.717, 1.165) is 11.1 Å². The van der Waals surface area contributed by atoms with Gasteiger partial charge in [-0.2, -0.15) is 0 Å². The van der Waals surface area contributed by atoms with Crippen LogP contribution in [0.25, 0.3) is 11.3 Å². The van der Waals surface area contributed by atoms with Gasteiger partial charge >= 0.3 is 0 Å². The van der Waals surface area contributed by atoms with Crippen LogP contribution >= 0.6 is 0 Å². The van der Waals surface area contributed by atoms with Crippen molar-refractivity contribution in [3.05, 3.63) is 41.7 Å². The molecule has 2 aromatic rings. The third-order valence-corrected chi connectivity index (χ3v) is 8.89. The summed E-state index contributed by atoms with van der Waals surface area (Å²) in [5.41, 5.74) is 7.73. The highest BCUT2D eigenvalue weighted by Gasteiger charge is 2.36. The van der Waals surface area contributed by atoms with Crippen LogP contribution in [0.4, 0.5) is 0 Å². The molecule has 0 spiro atoms. The molecule has 0 bridgehead atoms. The molecule has 124 valence electrons. The van der Waals surface area contributed by atoms with Crippen molar-refractivity contribution in [2.75, 3.05) is 0 Å². The van der Waals surface area contributed by atoms with E-state index in [4.69, 9.17) is 14.7 Å². The summed E-state index contributed by atoms with van der Waals surface area (Å²) in [5.74, 6) is -0.562. The average molecular weight is 332 g/mol. The highest BCUT2D eigenvalue weighted by atomic mass is 28.4. The molecule has 0 fully saturated rings. The van der Waals surface area contributed by atoms with Crippen LogP contribution in [0.15, 0.2) is 34.9 Å². The molecule has 1 heterocycles. The summed E-state index contributed by atoms with van der Waals surface area (Å²) in [5, 5.41) is 4.05.